The number of rotatable bonds is 3. The normalized spacial score (nSPS) is 10.2. The van der Waals surface area contributed by atoms with Crippen LogP contribution in [0.25, 0.3) is 0 Å². The fourth-order valence-electron chi connectivity index (χ4n) is 1.26. The maximum absolute atomic E-state index is 11.4. The Kier molecular flexibility index (Phi) is 2.82. The van der Waals surface area contributed by atoms with E-state index in [-0.39, 0.29) is 5.69 Å². The third-order valence-electron chi connectivity index (χ3n) is 1.99. The van der Waals surface area contributed by atoms with E-state index >= 15 is 0 Å². The molecule has 15 heavy (non-hydrogen) atoms. The second kappa shape index (κ2) is 4.27. The summed E-state index contributed by atoms with van der Waals surface area (Å²) in [5.41, 5.74) is 0.902. The molecule has 0 unspecified atom stereocenters. The summed E-state index contributed by atoms with van der Waals surface area (Å²) in [6.07, 6.45) is 0. The third kappa shape index (κ3) is 2.24. The molecule has 4 nitrogen and oxygen atoms in total. The van der Waals surface area contributed by atoms with Crippen LogP contribution in [-0.2, 0) is 6.54 Å². The van der Waals surface area contributed by atoms with Crippen molar-refractivity contribution in [2.24, 2.45) is 0 Å². The van der Waals surface area contributed by atoms with Crippen molar-refractivity contribution in [2.45, 2.75) is 6.54 Å². The molecule has 0 radical (unpaired) electrons. The van der Waals surface area contributed by atoms with Crippen LogP contribution in [0.4, 0.5) is 5.13 Å². The van der Waals surface area contributed by atoms with Crippen LogP contribution in [0.5, 0.6) is 0 Å². The van der Waals surface area contributed by atoms with E-state index < -0.39 is 0 Å². The fourth-order valence-corrected chi connectivity index (χ4v) is 2.01. The van der Waals surface area contributed by atoms with E-state index in [0.717, 1.165) is 5.56 Å². The molecule has 5 heteroatoms. The molecule has 0 amide bonds. The van der Waals surface area contributed by atoms with Crippen molar-refractivity contribution in [3.63, 3.8) is 0 Å². The van der Waals surface area contributed by atoms with E-state index in [0.29, 0.717) is 11.7 Å². The van der Waals surface area contributed by atoms with Gasteiger partial charge in [0.2, 0.25) is 5.13 Å². The molecule has 0 aliphatic heterocycles. The van der Waals surface area contributed by atoms with Gasteiger partial charge in [0.1, 0.15) is 0 Å². The van der Waals surface area contributed by atoms with Gasteiger partial charge in [-0.2, -0.15) is 4.98 Å². The second-order valence-corrected chi connectivity index (χ2v) is 4.07. The zero-order valence-electron chi connectivity index (χ0n) is 8.30. The minimum atomic E-state index is -0.201. The number of anilines is 1. The number of hydrogen-bond acceptors (Lipinski definition) is 4. The van der Waals surface area contributed by atoms with Crippen molar-refractivity contribution < 1.29 is 0 Å². The summed E-state index contributed by atoms with van der Waals surface area (Å²) in [6, 6.07) is 9.86. The summed E-state index contributed by atoms with van der Waals surface area (Å²) >= 11 is 1.34. The van der Waals surface area contributed by atoms with Crippen molar-refractivity contribution in [1.29, 1.82) is 0 Å². The Hall–Kier alpha value is -1.62. The van der Waals surface area contributed by atoms with Crippen molar-refractivity contribution in [1.82, 2.24) is 8.94 Å². The van der Waals surface area contributed by atoms with Crippen LogP contribution in [-0.4, -0.2) is 16.0 Å². The first-order valence-corrected chi connectivity index (χ1v) is 5.37. The van der Waals surface area contributed by atoms with Gasteiger partial charge >= 0.3 is 5.69 Å². The highest BCUT2D eigenvalue weighted by Crippen LogP contribution is 2.09. The van der Waals surface area contributed by atoms with Gasteiger partial charge in [0, 0.05) is 7.05 Å². The maximum Gasteiger partial charge on any atom is 0.360 e. The van der Waals surface area contributed by atoms with Crippen molar-refractivity contribution in [3.8, 4) is 0 Å². The molecule has 0 aliphatic rings. The topological polar surface area (TPSA) is 46.9 Å². The third-order valence-corrected chi connectivity index (χ3v) is 2.96. The van der Waals surface area contributed by atoms with Crippen LogP contribution in [0.3, 0.4) is 0 Å². The van der Waals surface area contributed by atoms with E-state index in [1.807, 2.05) is 30.3 Å². The molecule has 2 aromatic rings. The Bertz CT molecular complexity index is 489. The highest BCUT2D eigenvalue weighted by Gasteiger charge is 2.04. The molecule has 0 spiro atoms. The zero-order chi connectivity index (χ0) is 10.7. The molecule has 0 aliphatic carbocycles. The first kappa shape index (κ1) is 9.92. The lowest BCUT2D eigenvalue weighted by molar-refractivity contribution is 0.823. The van der Waals surface area contributed by atoms with Gasteiger partial charge in [-0.25, -0.2) is 8.75 Å². The predicted molar refractivity (Wildman–Crippen MR) is 61.5 cm³/mol. The summed E-state index contributed by atoms with van der Waals surface area (Å²) in [4.78, 5) is 15.3. The highest BCUT2D eigenvalue weighted by atomic mass is 32.1. The summed E-state index contributed by atoms with van der Waals surface area (Å²) in [5.74, 6) is 0. The minimum absolute atomic E-state index is 0.201. The largest absolute Gasteiger partial charge is 0.363 e. The Morgan fingerprint density at radius 3 is 2.73 bits per heavy atom. The van der Waals surface area contributed by atoms with Gasteiger partial charge < -0.3 is 5.32 Å². The smallest absolute Gasteiger partial charge is 0.360 e. The second-order valence-electron chi connectivity index (χ2n) is 3.06. The Labute approximate surface area is 91.4 Å². The van der Waals surface area contributed by atoms with Gasteiger partial charge in [0.25, 0.3) is 0 Å². The fraction of sp³-hybridized carbons (Fsp3) is 0.200. The van der Waals surface area contributed by atoms with E-state index in [1.54, 1.807) is 11.0 Å². The molecule has 2 rings (SSSR count). The predicted octanol–water partition coefficient (Wildman–Crippen LogP) is 1.39. The molecule has 0 atom stereocenters. The highest BCUT2D eigenvalue weighted by molar-refractivity contribution is 7.10. The molecule has 1 heterocycles. The monoisotopic (exact) mass is 221 g/mol. The van der Waals surface area contributed by atoms with Crippen molar-refractivity contribution >= 4 is 16.7 Å². The Morgan fingerprint density at radius 2 is 2.13 bits per heavy atom. The standard InChI is InChI=1S/C10H11N3OS/c1-11-9-12-10(14)13(15-9)7-8-5-3-2-4-6-8/h2-6H,7H2,1H3,(H,11,12,14). The van der Waals surface area contributed by atoms with Crippen LogP contribution in [0.2, 0.25) is 0 Å². The first-order chi connectivity index (χ1) is 7.29. The molecule has 0 saturated heterocycles. The average molecular weight is 221 g/mol. The summed E-state index contributed by atoms with van der Waals surface area (Å²) in [6.45, 7) is 0.582. The van der Waals surface area contributed by atoms with E-state index in [9.17, 15) is 4.79 Å². The minimum Gasteiger partial charge on any atom is -0.363 e. The molecular weight excluding hydrogens is 210 g/mol. The number of nitrogens with one attached hydrogen (secondary N) is 1. The molecule has 1 aromatic heterocycles. The number of nitrogens with zero attached hydrogens (tertiary/aromatic N) is 2. The van der Waals surface area contributed by atoms with Gasteiger partial charge in [-0.15, -0.1) is 0 Å². The maximum atomic E-state index is 11.4. The lowest BCUT2D eigenvalue weighted by Gasteiger charge is -1.98. The molecular formula is C10H11N3OS. The quantitative estimate of drug-likeness (QED) is 0.852. The molecule has 0 saturated carbocycles. The molecule has 0 bridgehead atoms. The van der Waals surface area contributed by atoms with Gasteiger partial charge in [0.05, 0.1) is 6.54 Å². The van der Waals surface area contributed by atoms with Gasteiger partial charge in [0.15, 0.2) is 0 Å². The van der Waals surface area contributed by atoms with Crippen LogP contribution in [0.15, 0.2) is 35.1 Å². The number of hydrogen-bond donors (Lipinski definition) is 1. The van der Waals surface area contributed by atoms with Crippen LogP contribution in [0, 0.1) is 0 Å². The van der Waals surface area contributed by atoms with Crippen LogP contribution >= 0.6 is 11.5 Å². The lowest BCUT2D eigenvalue weighted by Crippen LogP contribution is -2.15. The summed E-state index contributed by atoms with van der Waals surface area (Å²) < 4.78 is 1.63. The van der Waals surface area contributed by atoms with E-state index in [1.165, 1.54) is 11.5 Å². The van der Waals surface area contributed by atoms with Crippen LogP contribution < -0.4 is 11.0 Å². The molecule has 1 aromatic carbocycles. The lowest BCUT2D eigenvalue weighted by atomic mass is 10.2. The number of benzene rings is 1. The molecule has 0 fully saturated rings. The van der Waals surface area contributed by atoms with E-state index in [4.69, 9.17) is 0 Å². The molecule has 1 N–H and O–H groups in total. The Balaban J connectivity index is 2.25. The zero-order valence-corrected chi connectivity index (χ0v) is 9.12. The van der Waals surface area contributed by atoms with E-state index in [2.05, 4.69) is 10.3 Å². The van der Waals surface area contributed by atoms with Crippen molar-refractivity contribution in [2.75, 3.05) is 12.4 Å². The van der Waals surface area contributed by atoms with Crippen LogP contribution in [0.1, 0.15) is 5.56 Å². The molecule has 78 valence electrons. The number of aromatic nitrogens is 2. The Morgan fingerprint density at radius 1 is 1.40 bits per heavy atom. The average Bonchev–Trinajstić information content (AvgIpc) is 2.61. The van der Waals surface area contributed by atoms with Gasteiger partial charge in [-0.1, -0.05) is 30.3 Å². The van der Waals surface area contributed by atoms with Gasteiger partial charge in [-0.05, 0) is 17.1 Å². The SMILES string of the molecule is CNc1nc(=O)n(Cc2ccccc2)s1. The summed E-state index contributed by atoms with van der Waals surface area (Å²) in [5, 5.41) is 3.51. The first-order valence-electron chi connectivity index (χ1n) is 4.59. The summed E-state index contributed by atoms with van der Waals surface area (Å²) in [7, 11) is 1.76. The van der Waals surface area contributed by atoms with Crippen molar-refractivity contribution in [3.05, 3.63) is 46.4 Å². The van der Waals surface area contributed by atoms with Gasteiger partial charge in [-0.3, -0.25) is 0 Å².